The maximum Gasteiger partial charge on any atom is -0.0299 e. The van der Waals surface area contributed by atoms with Crippen LogP contribution in [0.5, 0.6) is 0 Å². The minimum absolute atomic E-state index is 1.01. The summed E-state index contributed by atoms with van der Waals surface area (Å²) in [6, 6.07) is 0. The molecule has 0 fully saturated rings. The summed E-state index contributed by atoms with van der Waals surface area (Å²) in [5.74, 6) is 0. The predicted octanol–water partition coefficient (Wildman–Crippen LogP) is 6.09. The van der Waals surface area contributed by atoms with Crippen LogP contribution in [-0.2, 0) is 0 Å². The molecule has 0 N–H and O–H groups in total. The van der Waals surface area contributed by atoms with Gasteiger partial charge in [0, 0.05) is 0 Å². The van der Waals surface area contributed by atoms with Crippen molar-refractivity contribution in [3.05, 3.63) is 83.6 Å². The molecule has 0 unspecified atom stereocenters. The standard InChI is InChI=1S/C19H26/c1-8-9-10-16(4)18(6)13-14-19(7)17(5)12-11-15(2)3/h8-14H,1,4H2,2-3,5-7H3. The Bertz CT molecular complexity index is 470. The van der Waals surface area contributed by atoms with E-state index in [-0.39, 0.29) is 0 Å². The molecule has 0 amide bonds. The fourth-order valence-corrected chi connectivity index (χ4v) is 1.23. The smallest absolute Gasteiger partial charge is 0.0299 e. The van der Waals surface area contributed by atoms with Crippen molar-refractivity contribution < 1.29 is 0 Å². The molecule has 0 aliphatic rings. The minimum Gasteiger partial charge on any atom is -0.0991 e. The van der Waals surface area contributed by atoms with Gasteiger partial charge in [-0.05, 0) is 56.9 Å². The second-order valence-corrected chi connectivity index (χ2v) is 4.91. The van der Waals surface area contributed by atoms with Crippen LogP contribution in [0.15, 0.2) is 83.6 Å². The van der Waals surface area contributed by atoms with E-state index in [4.69, 9.17) is 0 Å². The van der Waals surface area contributed by atoms with Gasteiger partial charge in [-0.1, -0.05) is 61.3 Å². The van der Waals surface area contributed by atoms with Gasteiger partial charge in [-0.25, -0.2) is 0 Å². The molecule has 0 heteroatoms. The number of hydrogen-bond donors (Lipinski definition) is 0. The van der Waals surface area contributed by atoms with Gasteiger partial charge < -0.3 is 0 Å². The van der Waals surface area contributed by atoms with Crippen LogP contribution in [0.1, 0.15) is 34.6 Å². The minimum atomic E-state index is 1.01. The zero-order valence-electron chi connectivity index (χ0n) is 13.0. The van der Waals surface area contributed by atoms with Gasteiger partial charge in [0.05, 0.1) is 0 Å². The molecule has 0 radical (unpaired) electrons. The molecule has 0 atom stereocenters. The number of rotatable bonds is 6. The van der Waals surface area contributed by atoms with Crippen molar-refractivity contribution in [2.75, 3.05) is 0 Å². The van der Waals surface area contributed by atoms with E-state index in [2.05, 4.69) is 72.1 Å². The molecule has 0 heterocycles. The first kappa shape index (κ1) is 17.2. The van der Waals surface area contributed by atoms with Crippen LogP contribution in [0, 0.1) is 0 Å². The van der Waals surface area contributed by atoms with E-state index in [0.29, 0.717) is 0 Å². The molecule has 102 valence electrons. The summed E-state index contributed by atoms with van der Waals surface area (Å²) >= 11 is 0. The highest BCUT2D eigenvalue weighted by Crippen LogP contribution is 2.13. The summed E-state index contributed by atoms with van der Waals surface area (Å²) in [6.45, 7) is 18.2. The van der Waals surface area contributed by atoms with Crippen molar-refractivity contribution >= 4 is 0 Å². The van der Waals surface area contributed by atoms with Crippen LogP contribution < -0.4 is 0 Å². The molecule has 0 aliphatic heterocycles. The van der Waals surface area contributed by atoms with Gasteiger partial charge in [0.2, 0.25) is 0 Å². The molecule has 0 nitrogen and oxygen atoms in total. The Labute approximate surface area is 118 Å². The largest absolute Gasteiger partial charge is 0.0991 e. The Morgan fingerprint density at radius 2 is 1.21 bits per heavy atom. The van der Waals surface area contributed by atoms with Crippen LogP contribution in [-0.4, -0.2) is 0 Å². The molecule has 19 heavy (non-hydrogen) atoms. The van der Waals surface area contributed by atoms with Gasteiger partial charge in [-0.2, -0.15) is 0 Å². The average Bonchev–Trinajstić information content (AvgIpc) is 2.38. The fraction of sp³-hybridized carbons (Fsp3) is 0.263. The Balaban J connectivity index is 4.91. The van der Waals surface area contributed by atoms with Gasteiger partial charge in [0.25, 0.3) is 0 Å². The van der Waals surface area contributed by atoms with Crippen molar-refractivity contribution in [3.63, 3.8) is 0 Å². The lowest BCUT2D eigenvalue weighted by Gasteiger charge is -2.01. The SMILES string of the molecule is C=CC=CC(=C)C(C)=CC=C(C)C(C)=CC=C(C)C. The molecule has 0 aromatic carbocycles. The third-order valence-corrected chi connectivity index (χ3v) is 2.81. The summed E-state index contributed by atoms with van der Waals surface area (Å²) < 4.78 is 0. The van der Waals surface area contributed by atoms with E-state index in [0.717, 1.165) is 11.1 Å². The van der Waals surface area contributed by atoms with Crippen molar-refractivity contribution in [1.82, 2.24) is 0 Å². The summed E-state index contributed by atoms with van der Waals surface area (Å²) in [6.07, 6.45) is 14.1. The lowest BCUT2D eigenvalue weighted by atomic mass is 10.0. The summed E-state index contributed by atoms with van der Waals surface area (Å²) in [5, 5.41) is 0. The monoisotopic (exact) mass is 254 g/mol. The maximum atomic E-state index is 4.02. The number of allylic oxidation sites excluding steroid dienone is 12. The second kappa shape index (κ2) is 9.16. The molecule has 0 aromatic heterocycles. The van der Waals surface area contributed by atoms with Gasteiger partial charge in [0.1, 0.15) is 0 Å². The molecule has 0 spiro atoms. The Kier molecular flexibility index (Phi) is 8.28. The second-order valence-electron chi connectivity index (χ2n) is 4.91. The van der Waals surface area contributed by atoms with Gasteiger partial charge in [-0.3, -0.25) is 0 Å². The Hall–Kier alpha value is -1.82. The molecular weight excluding hydrogens is 228 g/mol. The van der Waals surface area contributed by atoms with Crippen molar-refractivity contribution in [2.45, 2.75) is 34.6 Å². The molecule has 0 rings (SSSR count). The van der Waals surface area contributed by atoms with Gasteiger partial charge in [-0.15, -0.1) is 0 Å². The zero-order valence-corrected chi connectivity index (χ0v) is 13.0. The first-order valence-electron chi connectivity index (χ1n) is 6.54. The van der Waals surface area contributed by atoms with E-state index in [1.165, 1.54) is 16.7 Å². The van der Waals surface area contributed by atoms with Crippen LogP contribution >= 0.6 is 0 Å². The molecule has 0 saturated heterocycles. The normalized spacial score (nSPS) is 13.6. The van der Waals surface area contributed by atoms with E-state index in [1.54, 1.807) is 6.08 Å². The third kappa shape index (κ3) is 7.99. The quantitative estimate of drug-likeness (QED) is 0.503. The maximum absolute atomic E-state index is 4.02. The topological polar surface area (TPSA) is 0 Å². The average molecular weight is 254 g/mol. The highest BCUT2D eigenvalue weighted by atomic mass is 14.0. The number of hydrogen-bond acceptors (Lipinski definition) is 0. The summed E-state index contributed by atoms with van der Waals surface area (Å²) in [4.78, 5) is 0. The summed E-state index contributed by atoms with van der Waals surface area (Å²) in [7, 11) is 0. The molecule has 0 aliphatic carbocycles. The lowest BCUT2D eigenvalue weighted by Crippen LogP contribution is -1.81. The van der Waals surface area contributed by atoms with E-state index in [1.807, 2.05) is 12.2 Å². The Morgan fingerprint density at radius 3 is 1.68 bits per heavy atom. The molecular formula is C19H26. The molecule has 0 saturated carbocycles. The van der Waals surface area contributed by atoms with Crippen LogP contribution in [0.4, 0.5) is 0 Å². The highest BCUT2D eigenvalue weighted by molar-refractivity contribution is 5.41. The third-order valence-electron chi connectivity index (χ3n) is 2.81. The van der Waals surface area contributed by atoms with Gasteiger partial charge in [0.15, 0.2) is 0 Å². The van der Waals surface area contributed by atoms with E-state index in [9.17, 15) is 0 Å². The fourth-order valence-electron chi connectivity index (χ4n) is 1.23. The van der Waals surface area contributed by atoms with Gasteiger partial charge >= 0.3 is 0 Å². The molecule has 0 aromatic rings. The molecule has 0 bridgehead atoms. The lowest BCUT2D eigenvalue weighted by molar-refractivity contribution is 1.32. The van der Waals surface area contributed by atoms with Crippen molar-refractivity contribution in [3.8, 4) is 0 Å². The first-order chi connectivity index (χ1) is 8.88. The first-order valence-corrected chi connectivity index (χ1v) is 6.54. The van der Waals surface area contributed by atoms with E-state index < -0.39 is 0 Å². The van der Waals surface area contributed by atoms with Crippen LogP contribution in [0.25, 0.3) is 0 Å². The highest BCUT2D eigenvalue weighted by Gasteiger charge is 1.93. The van der Waals surface area contributed by atoms with Crippen molar-refractivity contribution in [1.29, 1.82) is 0 Å². The van der Waals surface area contributed by atoms with Crippen molar-refractivity contribution in [2.24, 2.45) is 0 Å². The van der Waals surface area contributed by atoms with Crippen LogP contribution in [0.3, 0.4) is 0 Å². The van der Waals surface area contributed by atoms with Crippen LogP contribution in [0.2, 0.25) is 0 Å². The zero-order chi connectivity index (χ0) is 14.8. The Morgan fingerprint density at radius 1 is 0.737 bits per heavy atom. The summed E-state index contributed by atoms with van der Waals surface area (Å²) in [5.41, 5.74) is 6.01. The van der Waals surface area contributed by atoms with E-state index >= 15 is 0 Å². The predicted molar refractivity (Wildman–Crippen MR) is 89.2 cm³/mol.